The lowest BCUT2D eigenvalue weighted by Gasteiger charge is -2.18. The maximum atomic E-state index is 14.0. The van der Waals surface area contributed by atoms with Gasteiger partial charge in [-0.15, -0.1) is 11.3 Å². The van der Waals surface area contributed by atoms with Crippen LogP contribution in [0, 0.1) is 5.92 Å². The van der Waals surface area contributed by atoms with Gasteiger partial charge in [-0.05, 0) is 48.8 Å². The second-order valence-corrected chi connectivity index (χ2v) is 12.7. The molecule has 1 aliphatic heterocycles. The summed E-state index contributed by atoms with van der Waals surface area (Å²) in [6.07, 6.45) is 2.86. The van der Waals surface area contributed by atoms with Crippen molar-refractivity contribution in [3.8, 4) is 0 Å². The molecule has 206 valence electrons. The first-order valence-electron chi connectivity index (χ1n) is 13.3. The third kappa shape index (κ3) is 6.06. The molecule has 1 N–H and O–H groups in total. The lowest BCUT2D eigenvalue weighted by Crippen LogP contribution is -2.28. The van der Waals surface area contributed by atoms with Crippen LogP contribution < -0.4 is 5.32 Å². The summed E-state index contributed by atoms with van der Waals surface area (Å²) < 4.78 is 5.79. The normalized spacial score (nSPS) is 17.9. The number of esters is 1. The average molecular weight is 591 g/mol. The van der Waals surface area contributed by atoms with Crippen molar-refractivity contribution in [3.05, 3.63) is 98.3 Å². The van der Waals surface area contributed by atoms with Crippen LogP contribution in [-0.4, -0.2) is 33.6 Å². The first kappa shape index (κ1) is 28.3. The number of thioether (sulfide) groups is 1. The fourth-order valence-electron chi connectivity index (χ4n) is 4.98. The van der Waals surface area contributed by atoms with E-state index in [0.29, 0.717) is 37.8 Å². The highest BCUT2D eigenvalue weighted by Gasteiger charge is 2.37. The predicted molar refractivity (Wildman–Crippen MR) is 164 cm³/mol. The number of nitrogens with zero attached hydrogens (tertiary/aromatic N) is 1. The average Bonchev–Trinajstić information content (AvgIpc) is 3.44. The molecule has 0 saturated carbocycles. The number of anilines is 1. The lowest BCUT2D eigenvalue weighted by molar-refractivity contribution is -0.123. The summed E-state index contributed by atoms with van der Waals surface area (Å²) in [4.78, 5) is 43.7. The highest BCUT2D eigenvalue weighted by Crippen LogP contribution is 2.41. The Bertz CT molecular complexity index is 1480. The van der Waals surface area contributed by atoms with Gasteiger partial charge >= 0.3 is 5.97 Å². The van der Waals surface area contributed by atoms with Gasteiger partial charge < -0.3 is 10.1 Å². The van der Waals surface area contributed by atoms with Crippen LogP contribution in [0.4, 0.5) is 5.00 Å². The quantitative estimate of drug-likeness (QED) is 0.182. The van der Waals surface area contributed by atoms with E-state index in [1.807, 2.05) is 60.7 Å². The number of thiophene rings is 1. The highest BCUT2D eigenvalue weighted by atomic mass is 32.2. The minimum Gasteiger partial charge on any atom is -0.462 e. The maximum absolute atomic E-state index is 14.0. The van der Waals surface area contributed by atoms with Crippen molar-refractivity contribution in [1.29, 1.82) is 0 Å². The van der Waals surface area contributed by atoms with Crippen LogP contribution in [0.15, 0.2) is 71.1 Å². The SMILES string of the molecule is CCOC(=O)c1c(NC(=O)/C(Cc2ccccc2)=C2/SC(=S)N(Cc3ccccc3)C2=O)sc2c1CCC(C)C2. The van der Waals surface area contributed by atoms with Gasteiger partial charge in [-0.1, -0.05) is 91.6 Å². The van der Waals surface area contributed by atoms with Crippen LogP contribution in [0.25, 0.3) is 0 Å². The third-order valence-electron chi connectivity index (χ3n) is 7.02. The number of carbonyl (C=O) groups excluding carboxylic acids is 3. The van der Waals surface area contributed by atoms with Crippen LogP contribution in [0.1, 0.15) is 52.2 Å². The molecule has 40 heavy (non-hydrogen) atoms. The Hall–Kier alpha value is -3.27. The molecule has 6 nitrogen and oxygen atoms in total. The number of ether oxygens (including phenoxy) is 1. The van der Waals surface area contributed by atoms with Crippen molar-refractivity contribution in [2.45, 2.75) is 46.1 Å². The van der Waals surface area contributed by atoms with Gasteiger partial charge in [0.2, 0.25) is 0 Å². The van der Waals surface area contributed by atoms with E-state index in [0.717, 1.165) is 52.6 Å². The minimum atomic E-state index is -0.427. The lowest BCUT2D eigenvalue weighted by atomic mass is 9.88. The number of nitrogens with one attached hydrogen (secondary N) is 1. The summed E-state index contributed by atoms with van der Waals surface area (Å²) in [6, 6.07) is 19.2. The van der Waals surface area contributed by atoms with Gasteiger partial charge in [0.1, 0.15) is 9.32 Å². The fraction of sp³-hybridized carbons (Fsp3) is 0.290. The van der Waals surface area contributed by atoms with Crippen molar-refractivity contribution in [2.75, 3.05) is 11.9 Å². The summed E-state index contributed by atoms with van der Waals surface area (Å²) in [7, 11) is 0. The summed E-state index contributed by atoms with van der Waals surface area (Å²) in [6.45, 7) is 4.54. The first-order chi connectivity index (χ1) is 19.4. The summed E-state index contributed by atoms with van der Waals surface area (Å²) in [5.74, 6) is -0.626. The van der Waals surface area contributed by atoms with Crippen LogP contribution in [0.3, 0.4) is 0 Å². The monoisotopic (exact) mass is 590 g/mol. The second kappa shape index (κ2) is 12.5. The molecule has 2 aromatic carbocycles. The Morgan fingerprint density at radius 1 is 1.07 bits per heavy atom. The number of thiocarbonyl (C=S) groups is 1. The summed E-state index contributed by atoms with van der Waals surface area (Å²) in [5, 5.41) is 3.49. The maximum Gasteiger partial charge on any atom is 0.341 e. The number of hydrogen-bond donors (Lipinski definition) is 1. The van der Waals surface area contributed by atoms with Gasteiger partial charge in [0.05, 0.1) is 23.6 Å². The molecule has 1 unspecified atom stereocenters. The first-order valence-corrected chi connectivity index (χ1v) is 15.4. The molecule has 2 aliphatic rings. The predicted octanol–water partition coefficient (Wildman–Crippen LogP) is 6.55. The molecule has 2 amide bonds. The fourth-order valence-corrected chi connectivity index (χ4v) is 7.69. The molecule has 3 aromatic rings. The van der Waals surface area contributed by atoms with E-state index >= 15 is 0 Å². The highest BCUT2D eigenvalue weighted by molar-refractivity contribution is 8.26. The molecule has 1 aromatic heterocycles. The van der Waals surface area contributed by atoms with Crippen molar-refractivity contribution < 1.29 is 19.1 Å². The summed E-state index contributed by atoms with van der Waals surface area (Å²) >= 11 is 8.18. The van der Waals surface area contributed by atoms with E-state index in [2.05, 4.69) is 12.2 Å². The molecule has 1 fully saturated rings. The van der Waals surface area contributed by atoms with Gasteiger partial charge in [0.25, 0.3) is 11.8 Å². The standard InChI is InChI=1S/C31H30N2O4S3/c1-3-37-30(36)25-22-15-14-19(2)16-24(22)39-28(25)32-27(34)23(17-20-10-6-4-7-11-20)26-29(35)33(31(38)40-26)18-21-12-8-5-9-13-21/h4-13,19H,3,14-18H2,1-2H3,(H,32,34)/b26-23+. The topological polar surface area (TPSA) is 75.7 Å². The molecule has 1 saturated heterocycles. The van der Waals surface area contributed by atoms with Crippen LogP contribution in [0.5, 0.6) is 0 Å². The summed E-state index contributed by atoms with van der Waals surface area (Å²) in [5.41, 5.74) is 3.58. The van der Waals surface area contributed by atoms with Crippen molar-refractivity contribution in [3.63, 3.8) is 0 Å². The third-order valence-corrected chi connectivity index (χ3v) is 9.68. The Morgan fingerprint density at radius 3 is 2.42 bits per heavy atom. The zero-order chi connectivity index (χ0) is 28.2. The molecular formula is C31H30N2O4S3. The number of rotatable bonds is 8. The van der Waals surface area contributed by atoms with E-state index in [1.165, 1.54) is 16.2 Å². The molecule has 9 heteroatoms. The molecule has 1 atom stereocenters. The van der Waals surface area contributed by atoms with E-state index < -0.39 is 11.9 Å². The number of hydrogen-bond acceptors (Lipinski definition) is 7. The number of fused-ring (bicyclic) bond motifs is 1. The van der Waals surface area contributed by atoms with E-state index in [4.69, 9.17) is 17.0 Å². The Morgan fingerprint density at radius 2 is 1.75 bits per heavy atom. The molecular weight excluding hydrogens is 561 g/mol. The van der Waals surface area contributed by atoms with Gasteiger partial charge in [-0.2, -0.15) is 0 Å². The Labute approximate surface area is 247 Å². The van der Waals surface area contributed by atoms with Crippen LogP contribution in [-0.2, 0) is 40.1 Å². The van der Waals surface area contributed by atoms with Gasteiger partial charge in [0.15, 0.2) is 0 Å². The minimum absolute atomic E-state index is 0.246. The molecule has 0 bridgehead atoms. The molecule has 5 rings (SSSR count). The number of benzene rings is 2. The molecule has 0 radical (unpaired) electrons. The zero-order valence-corrected chi connectivity index (χ0v) is 24.8. The van der Waals surface area contributed by atoms with Crippen LogP contribution >= 0.6 is 35.3 Å². The smallest absolute Gasteiger partial charge is 0.341 e. The van der Waals surface area contributed by atoms with E-state index in [-0.39, 0.29) is 18.9 Å². The second-order valence-electron chi connectivity index (χ2n) is 9.95. The van der Waals surface area contributed by atoms with E-state index in [9.17, 15) is 14.4 Å². The molecule has 1 aliphatic carbocycles. The van der Waals surface area contributed by atoms with Gasteiger partial charge in [-0.25, -0.2) is 4.79 Å². The van der Waals surface area contributed by atoms with Gasteiger partial charge in [-0.3, -0.25) is 14.5 Å². The molecule has 2 heterocycles. The van der Waals surface area contributed by atoms with E-state index in [1.54, 1.807) is 6.92 Å². The van der Waals surface area contributed by atoms with Crippen molar-refractivity contribution >= 4 is 62.4 Å². The van der Waals surface area contributed by atoms with Gasteiger partial charge in [0, 0.05) is 16.9 Å². The van der Waals surface area contributed by atoms with Crippen molar-refractivity contribution in [2.24, 2.45) is 5.92 Å². The van der Waals surface area contributed by atoms with Crippen LogP contribution in [0.2, 0.25) is 0 Å². The zero-order valence-electron chi connectivity index (χ0n) is 22.4. The van der Waals surface area contributed by atoms with Crippen molar-refractivity contribution in [1.82, 2.24) is 4.90 Å². The number of amides is 2. The Kier molecular flexibility index (Phi) is 8.83. The largest absolute Gasteiger partial charge is 0.462 e. The molecule has 0 spiro atoms. The Balaban J connectivity index is 1.51. The number of carbonyl (C=O) groups is 3.